The molecule has 0 aliphatic rings. The maximum absolute atomic E-state index is 12.2. The zero-order chi connectivity index (χ0) is 17.7. The van der Waals surface area contributed by atoms with E-state index in [0.29, 0.717) is 16.1 Å². The Morgan fingerprint density at radius 2 is 1.96 bits per heavy atom. The Morgan fingerprint density at radius 1 is 1.21 bits per heavy atom. The van der Waals surface area contributed by atoms with Crippen LogP contribution in [0.25, 0.3) is 0 Å². The lowest BCUT2D eigenvalue weighted by molar-refractivity contribution is 0.0142. The highest BCUT2D eigenvalue weighted by molar-refractivity contribution is 7.12. The normalized spacial score (nSPS) is 13.4. The van der Waals surface area contributed by atoms with Crippen LogP contribution in [0.15, 0.2) is 41.8 Å². The lowest BCUT2D eigenvalue weighted by Gasteiger charge is -2.27. The van der Waals surface area contributed by atoms with Gasteiger partial charge >= 0.3 is 0 Å². The lowest BCUT2D eigenvalue weighted by Crippen LogP contribution is -2.44. The molecule has 1 unspecified atom stereocenters. The fourth-order valence-corrected chi connectivity index (χ4v) is 2.52. The molecule has 6 heteroatoms. The van der Waals surface area contributed by atoms with Gasteiger partial charge in [0.25, 0.3) is 11.8 Å². The van der Waals surface area contributed by atoms with Crippen molar-refractivity contribution in [2.24, 2.45) is 5.92 Å². The minimum absolute atomic E-state index is 0.0224. The summed E-state index contributed by atoms with van der Waals surface area (Å²) < 4.78 is 0. The Bertz CT molecular complexity index is 709. The van der Waals surface area contributed by atoms with Crippen LogP contribution in [0.2, 0.25) is 0 Å². The highest BCUT2D eigenvalue weighted by Gasteiger charge is 2.25. The Hall–Kier alpha value is -2.18. The van der Waals surface area contributed by atoms with Crippen LogP contribution in [0, 0.1) is 5.92 Å². The van der Waals surface area contributed by atoms with Gasteiger partial charge in [0.05, 0.1) is 10.5 Å². The van der Waals surface area contributed by atoms with Gasteiger partial charge in [0.1, 0.15) is 0 Å². The Balaban J connectivity index is 2.02. The first kappa shape index (κ1) is 18.2. The van der Waals surface area contributed by atoms with Crippen LogP contribution in [-0.4, -0.2) is 29.1 Å². The predicted octanol–water partition coefficient (Wildman–Crippen LogP) is 3.14. The maximum atomic E-state index is 12.2. The van der Waals surface area contributed by atoms with Gasteiger partial charge in [0.15, 0.2) is 0 Å². The van der Waals surface area contributed by atoms with Crippen LogP contribution in [0.1, 0.15) is 40.8 Å². The fourth-order valence-electron chi connectivity index (χ4n) is 1.90. The molecule has 1 heterocycles. The summed E-state index contributed by atoms with van der Waals surface area (Å²) in [6, 6.07) is 10.3. The summed E-state index contributed by atoms with van der Waals surface area (Å²) in [5, 5.41) is 17.5. The van der Waals surface area contributed by atoms with E-state index in [0.717, 1.165) is 0 Å². The number of thiophene rings is 1. The topological polar surface area (TPSA) is 78.4 Å². The third-order valence-corrected chi connectivity index (χ3v) is 4.85. The summed E-state index contributed by atoms with van der Waals surface area (Å²) in [5.41, 5.74) is 0.0101. The Labute approximate surface area is 145 Å². The molecule has 0 aliphatic heterocycles. The molecule has 0 saturated heterocycles. The summed E-state index contributed by atoms with van der Waals surface area (Å²) in [6.07, 6.45) is 0. The monoisotopic (exact) mass is 346 g/mol. The highest BCUT2D eigenvalue weighted by Crippen LogP contribution is 2.17. The number of carbonyl (C=O) groups excluding carboxylic acids is 2. The minimum atomic E-state index is -0.972. The van der Waals surface area contributed by atoms with Crippen LogP contribution >= 0.6 is 11.3 Å². The average Bonchev–Trinajstić information content (AvgIpc) is 3.07. The van der Waals surface area contributed by atoms with Crippen molar-refractivity contribution in [2.75, 3.05) is 11.9 Å². The summed E-state index contributed by atoms with van der Waals surface area (Å²) >= 11 is 1.36. The van der Waals surface area contributed by atoms with Crippen LogP contribution in [0.5, 0.6) is 0 Å². The molecule has 0 saturated carbocycles. The second kappa shape index (κ2) is 7.59. The molecule has 2 amide bonds. The number of rotatable bonds is 6. The molecule has 2 rings (SSSR count). The predicted molar refractivity (Wildman–Crippen MR) is 96.5 cm³/mol. The van der Waals surface area contributed by atoms with Crippen molar-refractivity contribution < 1.29 is 14.7 Å². The van der Waals surface area contributed by atoms with Gasteiger partial charge in [0, 0.05) is 17.8 Å². The molecule has 1 atom stereocenters. The molecule has 0 fully saturated rings. The van der Waals surface area contributed by atoms with Gasteiger partial charge in [-0.05, 0) is 42.5 Å². The van der Waals surface area contributed by atoms with E-state index in [4.69, 9.17) is 0 Å². The molecule has 2 aromatic rings. The second-order valence-electron chi connectivity index (χ2n) is 6.21. The number of aliphatic hydroxyl groups is 1. The van der Waals surface area contributed by atoms with Crippen molar-refractivity contribution in [3.63, 3.8) is 0 Å². The average molecular weight is 346 g/mol. The smallest absolute Gasteiger partial charge is 0.265 e. The number of hydrogen-bond acceptors (Lipinski definition) is 4. The van der Waals surface area contributed by atoms with Gasteiger partial charge in [-0.3, -0.25) is 9.59 Å². The van der Waals surface area contributed by atoms with Gasteiger partial charge < -0.3 is 15.7 Å². The molecule has 0 radical (unpaired) electrons. The summed E-state index contributed by atoms with van der Waals surface area (Å²) in [4.78, 5) is 24.9. The molecule has 0 bridgehead atoms. The molecule has 3 N–H and O–H groups in total. The zero-order valence-electron chi connectivity index (χ0n) is 14.0. The number of nitrogens with one attached hydrogen (secondary N) is 2. The van der Waals surface area contributed by atoms with Crippen molar-refractivity contribution in [1.82, 2.24) is 5.32 Å². The largest absolute Gasteiger partial charge is 0.388 e. The number of carbonyl (C=O) groups is 2. The van der Waals surface area contributed by atoms with Crippen LogP contribution < -0.4 is 10.6 Å². The standard InChI is InChI=1S/C18H22N2O3S/c1-12(2)18(3,23)11-19-16(21)13-6-4-7-14(10-13)20-17(22)15-8-5-9-24-15/h4-10,12,23H,11H2,1-3H3,(H,19,21)(H,20,22). The molecule has 0 spiro atoms. The van der Waals surface area contributed by atoms with E-state index in [1.165, 1.54) is 11.3 Å². The fraction of sp³-hybridized carbons (Fsp3) is 0.333. The third-order valence-electron chi connectivity index (χ3n) is 3.98. The lowest BCUT2D eigenvalue weighted by atomic mass is 9.92. The number of benzene rings is 1. The Kier molecular flexibility index (Phi) is 5.75. The van der Waals surface area contributed by atoms with E-state index < -0.39 is 5.60 Å². The third kappa shape index (κ3) is 4.66. The zero-order valence-corrected chi connectivity index (χ0v) is 14.8. The number of hydrogen-bond donors (Lipinski definition) is 3. The van der Waals surface area contributed by atoms with Crippen molar-refractivity contribution in [3.05, 3.63) is 52.2 Å². The van der Waals surface area contributed by atoms with Crippen molar-refractivity contribution in [2.45, 2.75) is 26.4 Å². The van der Waals surface area contributed by atoms with Gasteiger partial charge in [0.2, 0.25) is 0 Å². The SMILES string of the molecule is CC(C)C(C)(O)CNC(=O)c1cccc(NC(=O)c2cccs2)c1. The van der Waals surface area contributed by atoms with E-state index in [-0.39, 0.29) is 24.3 Å². The summed E-state index contributed by atoms with van der Waals surface area (Å²) in [7, 11) is 0. The second-order valence-corrected chi connectivity index (χ2v) is 7.15. The summed E-state index contributed by atoms with van der Waals surface area (Å²) in [5.74, 6) is -0.470. The van der Waals surface area contributed by atoms with E-state index in [9.17, 15) is 14.7 Å². The molecule has 128 valence electrons. The minimum Gasteiger partial charge on any atom is -0.388 e. The first-order valence-electron chi connectivity index (χ1n) is 7.75. The molecular formula is C18H22N2O3S. The van der Waals surface area contributed by atoms with E-state index in [1.54, 1.807) is 37.3 Å². The Morgan fingerprint density at radius 3 is 2.58 bits per heavy atom. The maximum Gasteiger partial charge on any atom is 0.265 e. The molecule has 0 aliphatic carbocycles. The first-order valence-corrected chi connectivity index (χ1v) is 8.63. The molecule has 1 aromatic heterocycles. The quantitative estimate of drug-likeness (QED) is 0.752. The van der Waals surface area contributed by atoms with Crippen LogP contribution in [0.3, 0.4) is 0 Å². The van der Waals surface area contributed by atoms with Crippen molar-refractivity contribution in [3.8, 4) is 0 Å². The molecular weight excluding hydrogens is 324 g/mol. The molecule has 24 heavy (non-hydrogen) atoms. The van der Waals surface area contributed by atoms with E-state index >= 15 is 0 Å². The summed E-state index contributed by atoms with van der Waals surface area (Å²) in [6.45, 7) is 5.64. The first-order chi connectivity index (χ1) is 11.3. The van der Waals surface area contributed by atoms with E-state index in [1.807, 2.05) is 25.3 Å². The van der Waals surface area contributed by atoms with Gasteiger partial charge in [-0.15, -0.1) is 11.3 Å². The van der Waals surface area contributed by atoms with Crippen molar-refractivity contribution >= 4 is 28.8 Å². The van der Waals surface area contributed by atoms with Crippen molar-refractivity contribution in [1.29, 1.82) is 0 Å². The number of anilines is 1. The van der Waals surface area contributed by atoms with Crippen LogP contribution in [-0.2, 0) is 0 Å². The highest BCUT2D eigenvalue weighted by atomic mass is 32.1. The van der Waals surface area contributed by atoms with Crippen LogP contribution in [0.4, 0.5) is 5.69 Å². The van der Waals surface area contributed by atoms with Gasteiger partial charge in [-0.25, -0.2) is 0 Å². The molecule has 1 aromatic carbocycles. The van der Waals surface area contributed by atoms with Gasteiger partial charge in [-0.2, -0.15) is 0 Å². The molecule has 5 nitrogen and oxygen atoms in total. The van der Waals surface area contributed by atoms with E-state index in [2.05, 4.69) is 10.6 Å². The number of amides is 2. The van der Waals surface area contributed by atoms with Gasteiger partial charge in [-0.1, -0.05) is 26.0 Å².